The zero-order chi connectivity index (χ0) is 20.3. The summed E-state index contributed by atoms with van der Waals surface area (Å²) in [7, 11) is 0. The Morgan fingerprint density at radius 3 is 2.76 bits per heavy atom. The first-order valence-corrected chi connectivity index (χ1v) is 11.4. The van der Waals surface area contributed by atoms with E-state index in [0.29, 0.717) is 27.9 Å². The number of anilines is 1. The summed E-state index contributed by atoms with van der Waals surface area (Å²) in [5.41, 5.74) is 3.16. The van der Waals surface area contributed by atoms with Gasteiger partial charge in [0, 0.05) is 16.5 Å². The van der Waals surface area contributed by atoms with Crippen LogP contribution in [-0.4, -0.2) is 12.7 Å². The standard InChI is InChI=1S/C22H25ClN2O3S/c1-4-22(2,3)11-5-6-12-17(7-11)29-21-18(12)20(26)24-19(25-21)13-8-15-16(9-14(13)23)28-10-27-15/h8-9,11,19,25H,4-7,10H2,1-3H3,(H,24,26)/t11-,19+/m0/s1. The Labute approximate surface area is 179 Å². The average Bonchev–Trinajstić information content (AvgIpc) is 3.30. The van der Waals surface area contributed by atoms with Crippen LogP contribution in [0.2, 0.25) is 5.02 Å². The Balaban J connectivity index is 1.46. The van der Waals surface area contributed by atoms with Gasteiger partial charge in [-0.05, 0) is 42.2 Å². The molecule has 5 nitrogen and oxygen atoms in total. The van der Waals surface area contributed by atoms with Crippen molar-refractivity contribution >= 4 is 33.8 Å². The molecular weight excluding hydrogens is 408 g/mol. The van der Waals surface area contributed by atoms with Crippen LogP contribution in [-0.2, 0) is 12.8 Å². The lowest BCUT2D eigenvalue weighted by molar-refractivity contribution is 0.0934. The number of fused-ring (bicyclic) bond motifs is 4. The summed E-state index contributed by atoms with van der Waals surface area (Å²) in [4.78, 5) is 14.4. The lowest BCUT2D eigenvalue weighted by Crippen LogP contribution is -2.38. The van der Waals surface area contributed by atoms with Crippen LogP contribution in [0, 0.1) is 11.3 Å². The minimum Gasteiger partial charge on any atom is -0.454 e. The Bertz CT molecular complexity index is 1000. The first-order chi connectivity index (χ1) is 13.9. The maximum atomic E-state index is 13.0. The van der Waals surface area contributed by atoms with Gasteiger partial charge in [0.2, 0.25) is 6.79 Å². The van der Waals surface area contributed by atoms with Crippen molar-refractivity contribution < 1.29 is 14.3 Å². The summed E-state index contributed by atoms with van der Waals surface area (Å²) in [5, 5.41) is 8.09. The molecule has 2 N–H and O–H groups in total. The van der Waals surface area contributed by atoms with E-state index in [9.17, 15) is 4.79 Å². The quantitative estimate of drug-likeness (QED) is 0.669. The topological polar surface area (TPSA) is 59.6 Å². The van der Waals surface area contributed by atoms with Gasteiger partial charge >= 0.3 is 0 Å². The predicted octanol–water partition coefficient (Wildman–Crippen LogP) is 5.53. The van der Waals surface area contributed by atoms with Crippen LogP contribution >= 0.6 is 22.9 Å². The van der Waals surface area contributed by atoms with Gasteiger partial charge in [0.25, 0.3) is 5.91 Å². The van der Waals surface area contributed by atoms with Gasteiger partial charge in [0.15, 0.2) is 11.5 Å². The highest BCUT2D eigenvalue weighted by molar-refractivity contribution is 7.16. The fourth-order valence-electron chi connectivity index (χ4n) is 4.56. The summed E-state index contributed by atoms with van der Waals surface area (Å²) >= 11 is 8.21. The largest absolute Gasteiger partial charge is 0.454 e. The van der Waals surface area contributed by atoms with Gasteiger partial charge in [0.1, 0.15) is 11.2 Å². The monoisotopic (exact) mass is 432 g/mol. The van der Waals surface area contributed by atoms with Gasteiger partial charge in [-0.1, -0.05) is 38.8 Å². The molecule has 1 aromatic carbocycles. The Morgan fingerprint density at radius 1 is 1.24 bits per heavy atom. The number of thiophene rings is 1. The van der Waals surface area contributed by atoms with E-state index in [2.05, 4.69) is 31.4 Å². The maximum Gasteiger partial charge on any atom is 0.256 e. The number of rotatable bonds is 3. The third-order valence-corrected chi connectivity index (χ3v) is 8.38. The molecule has 5 rings (SSSR count). The number of carbonyl (C=O) groups excluding carboxylic acids is 1. The third-order valence-electron chi connectivity index (χ3n) is 6.86. The minimum atomic E-state index is -0.389. The second kappa shape index (κ2) is 6.81. The van der Waals surface area contributed by atoms with Crippen LogP contribution in [0.1, 0.15) is 66.1 Å². The molecule has 1 aliphatic carbocycles. The molecule has 1 amide bonds. The van der Waals surface area contributed by atoms with Crippen LogP contribution in [0.3, 0.4) is 0 Å². The summed E-state index contributed by atoms with van der Waals surface area (Å²) in [5.74, 6) is 1.92. The van der Waals surface area contributed by atoms with Gasteiger partial charge in [0.05, 0.1) is 10.6 Å². The van der Waals surface area contributed by atoms with E-state index in [4.69, 9.17) is 21.1 Å². The molecule has 0 bridgehead atoms. The second-order valence-corrected chi connectivity index (χ2v) is 10.3. The van der Waals surface area contributed by atoms with Crippen molar-refractivity contribution in [3.63, 3.8) is 0 Å². The number of benzene rings is 1. The number of nitrogens with one attached hydrogen (secondary N) is 2. The molecule has 3 aliphatic rings. The lowest BCUT2D eigenvalue weighted by atomic mass is 9.69. The van der Waals surface area contributed by atoms with E-state index in [1.165, 1.54) is 16.9 Å². The predicted molar refractivity (Wildman–Crippen MR) is 115 cm³/mol. The van der Waals surface area contributed by atoms with E-state index in [-0.39, 0.29) is 18.9 Å². The van der Waals surface area contributed by atoms with Gasteiger partial charge in [-0.25, -0.2) is 0 Å². The molecule has 0 saturated heterocycles. The zero-order valence-electron chi connectivity index (χ0n) is 16.9. The summed E-state index contributed by atoms with van der Waals surface area (Å²) in [6.07, 6.45) is 3.95. The lowest BCUT2D eigenvalue weighted by Gasteiger charge is -2.36. The molecule has 0 saturated carbocycles. The minimum absolute atomic E-state index is 0.0248. The second-order valence-electron chi connectivity index (χ2n) is 8.77. The fraction of sp³-hybridized carbons (Fsp3) is 0.500. The Kier molecular flexibility index (Phi) is 4.48. The van der Waals surface area contributed by atoms with Crippen molar-refractivity contribution in [3.05, 3.63) is 38.7 Å². The van der Waals surface area contributed by atoms with Gasteiger partial charge in [-0.2, -0.15) is 0 Å². The van der Waals surface area contributed by atoms with E-state index in [1.807, 2.05) is 6.07 Å². The smallest absolute Gasteiger partial charge is 0.256 e. The molecule has 29 heavy (non-hydrogen) atoms. The normalized spacial score (nSPS) is 22.6. The fourth-order valence-corrected chi connectivity index (χ4v) is 6.18. The van der Waals surface area contributed by atoms with Gasteiger partial charge in [-0.15, -0.1) is 11.3 Å². The van der Waals surface area contributed by atoms with Crippen LogP contribution in [0.25, 0.3) is 0 Å². The van der Waals surface area contributed by atoms with Gasteiger partial charge in [-0.3, -0.25) is 4.79 Å². The molecule has 1 aromatic heterocycles. The molecule has 2 atom stereocenters. The SMILES string of the molecule is CCC(C)(C)[C@H]1CCc2c(sc3c2C(=O)N[C@@H](c2cc4c(cc2Cl)OCO4)N3)C1. The number of hydrogen-bond acceptors (Lipinski definition) is 5. The average molecular weight is 433 g/mol. The molecule has 0 fully saturated rings. The maximum absolute atomic E-state index is 13.0. The van der Waals surface area contributed by atoms with Crippen molar-refractivity contribution in [2.24, 2.45) is 11.3 Å². The Hall–Kier alpha value is -1.92. The number of amides is 1. The molecule has 2 aliphatic heterocycles. The van der Waals surface area contributed by atoms with Crippen LogP contribution < -0.4 is 20.1 Å². The first kappa shape index (κ1) is 19.1. The molecule has 3 heterocycles. The van der Waals surface area contributed by atoms with Crippen LogP contribution in [0.4, 0.5) is 5.00 Å². The van der Waals surface area contributed by atoms with E-state index in [0.717, 1.165) is 35.4 Å². The molecular formula is C22H25ClN2O3S. The molecule has 7 heteroatoms. The van der Waals surface area contributed by atoms with Crippen molar-refractivity contribution in [1.29, 1.82) is 0 Å². The summed E-state index contributed by atoms with van der Waals surface area (Å²) in [6, 6.07) is 3.60. The molecule has 0 radical (unpaired) electrons. The van der Waals surface area contributed by atoms with E-state index in [1.54, 1.807) is 17.4 Å². The van der Waals surface area contributed by atoms with Crippen molar-refractivity contribution in [2.75, 3.05) is 12.1 Å². The molecule has 0 spiro atoms. The Morgan fingerprint density at radius 2 is 2.00 bits per heavy atom. The highest BCUT2D eigenvalue weighted by Gasteiger charge is 2.38. The van der Waals surface area contributed by atoms with Crippen LogP contribution in [0.15, 0.2) is 12.1 Å². The van der Waals surface area contributed by atoms with E-state index < -0.39 is 0 Å². The summed E-state index contributed by atoms with van der Waals surface area (Å²) in [6.45, 7) is 7.18. The number of hydrogen-bond donors (Lipinski definition) is 2. The highest BCUT2D eigenvalue weighted by Crippen LogP contribution is 2.48. The van der Waals surface area contributed by atoms with Crippen molar-refractivity contribution in [2.45, 2.75) is 52.6 Å². The number of halogens is 1. The zero-order valence-corrected chi connectivity index (χ0v) is 18.4. The highest BCUT2D eigenvalue weighted by atomic mass is 35.5. The van der Waals surface area contributed by atoms with Gasteiger partial charge < -0.3 is 20.1 Å². The van der Waals surface area contributed by atoms with Crippen LogP contribution in [0.5, 0.6) is 11.5 Å². The first-order valence-electron chi connectivity index (χ1n) is 10.2. The summed E-state index contributed by atoms with van der Waals surface area (Å²) < 4.78 is 10.9. The molecule has 0 unspecified atom stereocenters. The molecule has 2 aromatic rings. The number of carbonyl (C=O) groups is 1. The van der Waals surface area contributed by atoms with Crippen molar-refractivity contribution in [1.82, 2.24) is 5.32 Å². The van der Waals surface area contributed by atoms with Crippen molar-refractivity contribution in [3.8, 4) is 11.5 Å². The molecule has 154 valence electrons. The number of ether oxygens (including phenoxy) is 2. The van der Waals surface area contributed by atoms with E-state index >= 15 is 0 Å². The third kappa shape index (κ3) is 3.08.